The fraction of sp³-hybridized carbons (Fsp3) is 0.174. The van der Waals surface area contributed by atoms with Gasteiger partial charge in [-0.1, -0.05) is 29.4 Å². The topological polar surface area (TPSA) is 55.1 Å². The molecule has 0 aliphatic rings. The summed E-state index contributed by atoms with van der Waals surface area (Å²) >= 11 is 0. The van der Waals surface area contributed by atoms with Crippen molar-refractivity contribution in [2.45, 2.75) is 26.8 Å². The zero-order valence-corrected chi connectivity index (χ0v) is 16.2. The molecule has 5 heteroatoms. The second-order valence-corrected chi connectivity index (χ2v) is 6.75. The predicted molar refractivity (Wildman–Crippen MR) is 110 cm³/mol. The molecule has 3 aromatic heterocycles. The molecular weight excluding hydrogens is 348 g/mol. The second-order valence-electron chi connectivity index (χ2n) is 6.75. The summed E-state index contributed by atoms with van der Waals surface area (Å²) in [4.78, 5) is 10.9. The lowest BCUT2D eigenvalue weighted by molar-refractivity contribution is 0.393. The van der Waals surface area contributed by atoms with Crippen LogP contribution in [-0.2, 0) is 0 Å². The van der Waals surface area contributed by atoms with Crippen LogP contribution < -0.4 is 4.90 Å². The smallest absolute Gasteiger partial charge is 0.141 e. The molecule has 0 N–H and O–H groups in total. The van der Waals surface area contributed by atoms with Gasteiger partial charge in [-0.3, -0.25) is 9.97 Å². The normalized spacial score (nSPS) is 12.0. The fourth-order valence-corrected chi connectivity index (χ4v) is 3.68. The van der Waals surface area contributed by atoms with Gasteiger partial charge in [-0.15, -0.1) is 0 Å². The SMILES string of the molecule is Cc1noc(C)c1-c1ccccc1C(C)N(c1cccnc1)c1cccnc1. The molecule has 3 heterocycles. The lowest BCUT2D eigenvalue weighted by atomic mass is 9.93. The maximum absolute atomic E-state index is 5.43. The molecule has 5 nitrogen and oxygen atoms in total. The number of hydrogen-bond acceptors (Lipinski definition) is 5. The molecule has 0 amide bonds. The summed E-state index contributed by atoms with van der Waals surface area (Å²) in [5.41, 5.74) is 6.29. The third-order valence-electron chi connectivity index (χ3n) is 4.95. The van der Waals surface area contributed by atoms with Crippen molar-refractivity contribution >= 4 is 11.4 Å². The lowest BCUT2D eigenvalue weighted by Crippen LogP contribution is -2.22. The van der Waals surface area contributed by atoms with Gasteiger partial charge < -0.3 is 9.42 Å². The van der Waals surface area contributed by atoms with E-state index in [1.807, 2.05) is 38.4 Å². The number of anilines is 2. The molecule has 1 aromatic carbocycles. The fourth-order valence-electron chi connectivity index (χ4n) is 3.68. The van der Waals surface area contributed by atoms with Gasteiger partial charge >= 0.3 is 0 Å². The van der Waals surface area contributed by atoms with Crippen LogP contribution in [0.15, 0.2) is 77.8 Å². The van der Waals surface area contributed by atoms with Crippen molar-refractivity contribution in [2.75, 3.05) is 4.90 Å². The molecule has 4 aromatic rings. The Hall–Kier alpha value is -3.47. The van der Waals surface area contributed by atoms with E-state index in [2.05, 4.69) is 63.3 Å². The molecule has 0 bridgehead atoms. The summed E-state index contributed by atoms with van der Waals surface area (Å²) < 4.78 is 5.43. The minimum Gasteiger partial charge on any atom is -0.361 e. The monoisotopic (exact) mass is 370 g/mol. The number of aryl methyl sites for hydroxylation is 2. The van der Waals surface area contributed by atoms with E-state index >= 15 is 0 Å². The Morgan fingerprint density at radius 3 is 2.04 bits per heavy atom. The average Bonchev–Trinajstić information content (AvgIpc) is 3.08. The number of aromatic nitrogens is 3. The van der Waals surface area contributed by atoms with Gasteiger partial charge in [0.15, 0.2) is 0 Å². The molecule has 0 aliphatic carbocycles. The van der Waals surface area contributed by atoms with Gasteiger partial charge in [0.25, 0.3) is 0 Å². The summed E-state index contributed by atoms with van der Waals surface area (Å²) in [5, 5.41) is 4.15. The molecule has 140 valence electrons. The number of nitrogens with zero attached hydrogens (tertiary/aromatic N) is 4. The molecule has 0 saturated carbocycles. The first-order chi connectivity index (χ1) is 13.7. The van der Waals surface area contributed by atoms with E-state index in [1.165, 1.54) is 5.56 Å². The average molecular weight is 370 g/mol. The van der Waals surface area contributed by atoms with Crippen molar-refractivity contribution in [3.63, 3.8) is 0 Å². The van der Waals surface area contributed by atoms with Crippen LogP contribution in [-0.4, -0.2) is 15.1 Å². The summed E-state index contributed by atoms with van der Waals surface area (Å²) in [6, 6.07) is 16.5. The lowest BCUT2D eigenvalue weighted by Gasteiger charge is -2.32. The van der Waals surface area contributed by atoms with Crippen molar-refractivity contribution in [2.24, 2.45) is 0 Å². The Morgan fingerprint density at radius 1 is 0.857 bits per heavy atom. The van der Waals surface area contributed by atoms with Crippen molar-refractivity contribution in [3.8, 4) is 11.1 Å². The van der Waals surface area contributed by atoms with Crippen molar-refractivity contribution < 1.29 is 4.52 Å². The van der Waals surface area contributed by atoms with Gasteiger partial charge in [0.05, 0.1) is 35.5 Å². The van der Waals surface area contributed by atoms with Crippen molar-refractivity contribution in [1.82, 2.24) is 15.1 Å². The van der Waals surface area contributed by atoms with E-state index in [-0.39, 0.29) is 6.04 Å². The molecular formula is C23H22N4O. The van der Waals surface area contributed by atoms with E-state index in [1.54, 1.807) is 12.4 Å². The van der Waals surface area contributed by atoms with Gasteiger partial charge in [-0.05, 0) is 56.2 Å². The first kappa shape index (κ1) is 17.9. The molecule has 0 spiro atoms. The van der Waals surface area contributed by atoms with E-state index in [4.69, 9.17) is 4.52 Å². The highest BCUT2D eigenvalue weighted by Crippen LogP contribution is 2.39. The zero-order chi connectivity index (χ0) is 19.5. The van der Waals surface area contributed by atoms with E-state index in [0.717, 1.165) is 34.0 Å². The molecule has 4 rings (SSSR count). The number of pyridine rings is 2. The number of rotatable bonds is 5. The first-order valence-corrected chi connectivity index (χ1v) is 9.28. The summed E-state index contributed by atoms with van der Waals surface area (Å²) in [6.45, 7) is 6.13. The second kappa shape index (κ2) is 7.64. The highest BCUT2D eigenvalue weighted by atomic mass is 16.5. The Morgan fingerprint density at radius 2 is 1.50 bits per heavy atom. The van der Waals surface area contributed by atoms with E-state index in [0.29, 0.717) is 0 Å². The standard InChI is InChI=1S/C23H22N4O/c1-16-23(18(3)28-26-16)22-11-5-4-10-21(22)17(2)27(19-8-6-12-24-14-19)20-9-7-13-25-15-20/h4-15,17H,1-3H3. The minimum absolute atomic E-state index is 0.0401. The van der Waals surface area contributed by atoms with E-state index in [9.17, 15) is 0 Å². The van der Waals surface area contributed by atoms with Crippen LogP contribution in [0.2, 0.25) is 0 Å². The van der Waals surface area contributed by atoms with Crippen molar-refractivity contribution in [3.05, 3.63) is 90.3 Å². The number of benzene rings is 1. The van der Waals surface area contributed by atoms with Crippen LogP contribution in [0.4, 0.5) is 11.4 Å². The Kier molecular flexibility index (Phi) is 4.89. The molecule has 0 aliphatic heterocycles. The Labute approximate surface area is 164 Å². The Bertz CT molecular complexity index is 1000. The van der Waals surface area contributed by atoms with Crippen LogP contribution in [0.1, 0.15) is 30.0 Å². The van der Waals surface area contributed by atoms with Crippen LogP contribution in [0.3, 0.4) is 0 Å². The van der Waals surface area contributed by atoms with Gasteiger partial charge in [0.1, 0.15) is 5.76 Å². The summed E-state index contributed by atoms with van der Waals surface area (Å²) in [5.74, 6) is 0.825. The summed E-state index contributed by atoms with van der Waals surface area (Å²) in [7, 11) is 0. The van der Waals surface area contributed by atoms with Gasteiger partial charge in [-0.25, -0.2) is 0 Å². The van der Waals surface area contributed by atoms with Crippen LogP contribution in [0, 0.1) is 13.8 Å². The van der Waals surface area contributed by atoms with Gasteiger partial charge in [-0.2, -0.15) is 0 Å². The summed E-state index contributed by atoms with van der Waals surface area (Å²) in [6.07, 6.45) is 7.32. The zero-order valence-electron chi connectivity index (χ0n) is 16.2. The Balaban J connectivity index is 1.86. The number of hydrogen-bond donors (Lipinski definition) is 0. The molecule has 0 saturated heterocycles. The largest absolute Gasteiger partial charge is 0.361 e. The van der Waals surface area contributed by atoms with Crippen LogP contribution in [0.5, 0.6) is 0 Å². The molecule has 0 fully saturated rings. The highest BCUT2D eigenvalue weighted by Gasteiger charge is 2.24. The third-order valence-corrected chi connectivity index (χ3v) is 4.95. The maximum Gasteiger partial charge on any atom is 0.141 e. The third kappa shape index (κ3) is 3.27. The first-order valence-electron chi connectivity index (χ1n) is 9.28. The molecule has 0 radical (unpaired) electrons. The predicted octanol–water partition coefficient (Wildman–Crippen LogP) is 5.65. The molecule has 1 unspecified atom stereocenters. The van der Waals surface area contributed by atoms with E-state index < -0.39 is 0 Å². The van der Waals surface area contributed by atoms with Gasteiger partial charge in [0, 0.05) is 18.0 Å². The molecule has 1 atom stereocenters. The van der Waals surface area contributed by atoms with Crippen molar-refractivity contribution in [1.29, 1.82) is 0 Å². The van der Waals surface area contributed by atoms with Crippen LogP contribution in [0.25, 0.3) is 11.1 Å². The maximum atomic E-state index is 5.43. The minimum atomic E-state index is 0.0401. The van der Waals surface area contributed by atoms with Crippen LogP contribution >= 0.6 is 0 Å². The molecule has 28 heavy (non-hydrogen) atoms. The quantitative estimate of drug-likeness (QED) is 0.454. The highest BCUT2D eigenvalue weighted by molar-refractivity contribution is 5.74. The van der Waals surface area contributed by atoms with Gasteiger partial charge in [0.2, 0.25) is 0 Å².